The summed E-state index contributed by atoms with van der Waals surface area (Å²) in [6, 6.07) is 89.9. The van der Waals surface area contributed by atoms with E-state index in [9.17, 15) is 0 Å². The molecule has 0 spiro atoms. The van der Waals surface area contributed by atoms with Crippen molar-refractivity contribution < 1.29 is 0 Å². The molecule has 0 amide bonds. The van der Waals surface area contributed by atoms with Gasteiger partial charge in [-0.3, -0.25) is 0 Å². The van der Waals surface area contributed by atoms with E-state index in [2.05, 4.69) is 277 Å². The van der Waals surface area contributed by atoms with Gasteiger partial charge in [-0.2, -0.15) is 0 Å². The zero-order valence-electron chi connectivity index (χ0n) is 35.5. The molecular formula is C62H46N2. The highest BCUT2D eigenvalue weighted by Gasteiger charge is 2.33. The third kappa shape index (κ3) is 7.46. The SMILES string of the molecule is C1=CC(c2ccccc2)(c2ccc3cc(N(c4ccccc4)c4ccccc4)ccc3c2)CC=C1c1ccc(-c2ccc3cc(N(c4ccccc4)c4ccccc4)ccc3c2)cc1. The van der Waals surface area contributed by atoms with Crippen molar-refractivity contribution in [1.29, 1.82) is 0 Å². The van der Waals surface area contributed by atoms with Crippen LogP contribution in [0.15, 0.2) is 267 Å². The first-order chi connectivity index (χ1) is 31.7. The lowest BCUT2D eigenvalue weighted by atomic mass is 9.69. The molecule has 0 aliphatic heterocycles. The van der Waals surface area contributed by atoms with Crippen LogP contribution in [0.1, 0.15) is 23.1 Å². The number of allylic oxidation sites excluding steroid dienone is 4. The molecule has 304 valence electrons. The summed E-state index contributed by atoms with van der Waals surface area (Å²) in [5.74, 6) is 0. The highest BCUT2D eigenvalue weighted by atomic mass is 15.1. The molecule has 1 aliphatic carbocycles. The second-order valence-corrected chi connectivity index (χ2v) is 16.6. The molecule has 0 heterocycles. The Balaban J connectivity index is 0.861. The van der Waals surface area contributed by atoms with E-state index in [0.717, 1.165) is 40.5 Å². The van der Waals surface area contributed by atoms with Gasteiger partial charge in [-0.05, 0) is 146 Å². The summed E-state index contributed by atoms with van der Waals surface area (Å²) in [7, 11) is 0. The predicted octanol–water partition coefficient (Wildman–Crippen LogP) is 16.9. The number of nitrogens with zero attached hydrogens (tertiary/aromatic N) is 2. The van der Waals surface area contributed by atoms with Gasteiger partial charge >= 0.3 is 0 Å². The van der Waals surface area contributed by atoms with Crippen LogP contribution >= 0.6 is 0 Å². The maximum absolute atomic E-state index is 2.43. The van der Waals surface area contributed by atoms with Gasteiger partial charge in [-0.25, -0.2) is 0 Å². The number of benzene rings is 10. The van der Waals surface area contributed by atoms with E-state index in [-0.39, 0.29) is 5.41 Å². The minimum Gasteiger partial charge on any atom is -0.310 e. The highest BCUT2D eigenvalue weighted by Crippen LogP contribution is 2.44. The molecule has 11 rings (SSSR count). The molecule has 10 aromatic rings. The van der Waals surface area contributed by atoms with Crippen molar-refractivity contribution in [1.82, 2.24) is 0 Å². The van der Waals surface area contributed by atoms with Crippen molar-refractivity contribution in [2.45, 2.75) is 11.8 Å². The molecule has 0 saturated heterocycles. The minimum atomic E-state index is -0.290. The first kappa shape index (κ1) is 38.7. The van der Waals surface area contributed by atoms with Crippen LogP contribution in [-0.2, 0) is 5.41 Å². The number of hydrogen-bond acceptors (Lipinski definition) is 2. The maximum Gasteiger partial charge on any atom is 0.0468 e. The lowest BCUT2D eigenvalue weighted by Crippen LogP contribution is -2.26. The number of hydrogen-bond donors (Lipinski definition) is 0. The highest BCUT2D eigenvalue weighted by molar-refractivity contribution is 5.93. The standard InChI is InChI=1S/C62H46N2/c1-6-16-54(17-7-1)62(55-35-32-53-45-61(37-34-51(53)43-55)64(58-22-12-4-13-23-58)59-24-14-5-15-25-59)40-38-48(39-41-62)46-26-28-47(29-27-46)49-30-31-52-44-60(36-33-50(52)42-49)63(56-18-8-2-9-19-56)57-20-10-3-11-21-57/h1-40,42-45H,41H2. The zero-order chi connectivity index (χ0) is 42.7. The fourth-order valence-corrected chi connectivity index (χ4v) is 9.44. The van der Waals surface area contributed by atoms with Crippen LogP contribution in [0.25, 0.3) is 38.2 Å². The molecule has 64 heavy (non-hydrogen) atoms. The number of anilines is 6. The van der Waals surface area contributed by atoms with Crippen molar-refractivity contribution in [2.75, 3.05) is 9.80 Å². The summed E-state index contributed by atoms with van der Waals surface area (Å²) >= 11 is 0. The smallest absolute Gasteiger partial charge is 0.0468 e. The van der Waals surface area contributed by atoms with Gasteiger partial charge < -0.3 is 9.80 Å². The Hall–Kier alpha value is -8.20. The molecule has 2 heteroatoms. The number of rotatable bonds is 10. The van der Waals surface area contributed by atoms with E-state index in [1.807, 2.05) is 0 Å². The average Bonchev–Trinajstić information content (AvgIpc) is 3.38. The zero-order valence-corrected chi connectivity index (χ0v) is 35.5. The van der Waals surface area contributed by atoms with E-state index in [1.54, 1.807) is 0 Å². The van der Waals surface area contributed by atoms with Crippen LogP contribution in [0.3, 0.4) is 0 Å². The van der Waals surface area contributed by atoms with Crippen molar-refractivity contribution >= 4 is 61.2 Å². The molecule has 0 radical (unpaired) electrons. The van der Waals surface area contributed by atoms with Gasteiger partial charge in [0.2, 0.25) is 0 Å². The second kappa shape index (κ2) is 16.9. The Bertz CT molecular complexity index is 3190. The Morgan fingerprint density at radius 1 is 0.297 bits per heavy atom. The van der Waals surface area contributed by atoms with Gasteiger partial charge in [0, 0.05) is 39.5 Å². The molecule has 10 aromatic carbocycles. The lowest BCUT2D eigenvalue weighted by Gasteiger charge is -2.34. The summed E-state index contributed by atoms with van der Waals surface area (Å²) in [5, 5.41) is 4.87. The predicted molar refractivity (Wildman–Crippen MR) is 272 cm³/mol. The molecule has 0 fully saturated rings. The third-order valence-electron chi connectivity index (χ3n) is 12.8. The molecule has 1 unspecified atom stereocenters. The molecule has 0 saturated carbocycles. The summed E-state index contributed by atoms with van der Waals surface area (Å²) in [5.41, 5.74) is 14.0. The van der Waals surface area contributed by atoms with Gasteiger partial charge in [-0.15, -0.1) is 0 Å². The van der Waals surface area contributed by atoms with Gasteiger partial charge in [0.25, 0.3) is 0 Å². The van der Waals surface area contributed by atoms with Crippen molar-refractivity contribution in [2.24, 2.45) is 0 Å². The molecule has 0 N–H and O–H groups in total. The fraction of sp³-hybridized carbons (Fsp3) is 0.0323. The van der Waals surface area contributed by atoms with E-state index < -0.39 is 0 Å². The summed E-state index contributed by atoms with van der Waals surface area (Å²) < 4.78 is 0. The van der Waals surface area contributed by atoms with Gasteiger partial charge in [0.05, 0.1) is 0 Å². The van der Waals surface area contributed by atoms with E-state index in [1.165, 1.54) is 54.9 Å². The lowest BCUT2D eigenvalue weighted by molar-refractivity contribution is 0.650. The fourth-order valence-electron chi connectivity index (χ4n) is 9.44. The second-order valence-electron chi connectivity index (χ2n) is 16.6. The van der Waals surface area contributed by atoms with Crippen LogP contribution in [0.5, 0.6) is 0 Å². The van der Waals surface area contributed by atoms with Crippen molar-refractivity contribution in [3.05, 3.63) is 284 Å². The van der Waals surface area contributed by atoms with E-state index >= 15 is 0 Å². The molecule has 1 atom stereocenters. The van der Waals surface area contributed by atoms with Crippen LogP contribution < -0.4 is 9.80 Å². The van der Waals surface area contributed by atoms with Crippen LogP contribution in [-0.4, -0.2) is 0 Å². The van der Waals surface area contributed by atoms with Gasteiger partial charge in [0.15, 0.2) is 0 Å². The molecule has 2 nitrogen and oxygen atoms in total. The van der Waals surface area contributed by atoms with Crippen molar-refractivity contribution in [3.63, 3.8) is 0 Å². The molecular weight excluding hydrogens is 773 g/mol. The quantitative estimate of drug-likeness (QED) is 0.136. The summed E-state index contributed by atoms with van der Waals surface area (Å²) in [6.07, 6.45) is 8.05. The topological polar surface area (TPSA) is 6.48 Å². The first-order valence-corrected chi connectivity index (χ1v) is 22.1. The minimum absolute atomic E-state index is 0.290. The van der Waals surface area contributed by atoms with Gasteiger partial charge in [0.1, 0.15) is 0 Å². The Labute approximate surface area is 376 Å². The normalized spacial score (nSPS) is 14.6. The average molecular weight is 819 g/mol. The monoisotopic (exact) mass is 818 g/mol. The first-order valence-electron chi connectivity index (χ1n) is 22.1. The van der Waals surface area contributed by atoms with Crippen LogP contribution in [0, 0.1) is 0 Å². The molecule has 0 aromatic heterocycles. The Morgan fingerprint density at radius 2 is 0.703 bits per heavy atom. The Morgan fingerprint density at radius 3 is 1.19 bits per heavy atom. The van der Waals surface area contributed by atoms with E-state index in [0.29, 0.717) is 0 Å². The van der Waals surface area contributed by atoms with Crippen LogP contribution in [0.4, 0.5) is 34.1 Å². The third-order valence-corrected chi connectivity index (χ3v) is 12.8. The number of fused-ring (bicyclic) bond motifs is 2. The largest absolute Gasteiger partial charge is 0.310 e. The maximum atomic E-state index is 2.43. The van der Waals surface area contributed by atoms with E-state index in [4.69, 9.17) is 0 Å². The Kier molecular flexibility index (Phi) is 10.2. The van der Waals surface area contributed by atoms with Gasteiger partial charge in [-0.1, -0.05) is 182 Å². The van der Waals surface area contributed by atoms with Crippen molar-refractivity contribution in [3.8, 4) is 11.1 Å². The molecule has 0 bridgehead atoms. The summed E-state index contributed by atoms with van der Waals surface area (Å²) in [4.78, 5) is 4.64. The van der Waals surface area contributed by atoms with Crippen LogP contribution in [0.2, 0.25) is 0 Å². The summed E-state index contributed by atoms with van der Waals surface area (Å²) in [6.45, 7) is 0. The number of para-hydroxylation sites is 4. The molecule has 1 aliphatic rings.